The molecule has 2 amide bonds. The van der Waals surface area contributed by atoms with E-state index in [2.05, 4.69) is 5.32 Å². The first kappa shape index (κ1) is 18.9. The van der Waals surface area contributed by atoms with Gasteiger partial charge in [-0.15, -0.1) is 0 Å². The summed E-state index contributed by atoms with van der Waals surface area (Å²) in [6.45, 7) is -0.126. The van der Waals surface area contributed by atoms with Crippen molar-refractivity contribution in [3.8, 4) is 11.5 Å². The molecule has 1 heterocycles. The molecule has 1 fully saturated rings. The minimum atomic E-state index is -4.87. The van der Waals surface area contributed by atoms with E-state index in [4.69, 9.17) is 9.47 Å². The van der Waals surface area contributed by atoms with Crippen LogP contribution in [0.3, 0.4) is 0 Å². The zero-order chi connectivity index (χ0) is 18.6. The molecule has 1 saturated heterocycles. The third-order valence-electron chi connectivity index (χ3n) is 4.01. The maximum absolute atomic E-state index is 12.5. The smallest absolute Gasteiger partial charge is 0.471 e. The fourth-order valence-corrected chi connectivity index (χ4v) is 2.74. The van der Waals surface area contributed by atoms with Gasteiger partial charge in [0, 0.05) is 19.1 Å². The molecular formula is C16H19F3N2O4. The lowest BCUT2D eigenvalue weighted by Crippen LogP contribution is -2.50. The number of likely N-dealkylation sites (tertiary alicyclic amines) is 1. The average Bonchev–Trinajstić information content (AvgIpc) is 2.60. The molecule has 0 unspecified atom stereocenters. The summed E-state index contributed by atoms with van der Waals surface area (Å²) < 4.78 is 47.7. The van der Waals surface area contributed by atoms with Gasteiger partial charge in [0.1, 0.15) is 17.1 Å². The van der Waals surface area contributed by atoms with Crippen LogP contribution in [0.5, 0.6) is 11.5 Å². The molecule has 1 aromatic rings. The van der Waals surface area contributed by atoms with Crippen molar-refractivity contribution in [2.24, 2.45) is 0 Å². The van der Waals surface area contributed by atoms with Crippen molar-refractivity contribution in [1.29, 1.82) is 0 Å². The molecule has 138 valence electrons. The van der Waals surface area contributed by atoms with Crippen molar-refractivity contribution in [1.82, 2.24) is 10.2 Å². The average molecular weight is 360 g/mol. The lowest BCUT2D eigenvalue weighted by Gasteiger charge is -2.32. The van der Waals surface area contributed by atoms with Gasteiger partial charge in [-0.25, -0.2) is 0 Å². The maximum atomic E-state index is 12.5. The summed E-state index contributed by atoms with van der Waals surface area (Å²) in [4.78, 5) is 24.5. The number of halogens is 3. The molecule has 1 aromatic carbocycles. The highest BCUT2D eigenvalue weighted by Gasteiger charge is 2.43. The Hall–Kier alpha value is -2.45. The Labute approximate surface area is 142 Å². The first-order chi connectivity index (χ1) is 11.8. The van der Waals surface area contributed by atoms with Gasteiger partial charge in [0.15, 0.2) is 0 Å². The van der Waals surface area contributed by atoms with Gasteiger partial charge in [-0.05, 0) is 25.0 Å². The monoisotopic (exact) mass is 360 g/mol. The number of rotatable bonds is 4. The van der Waals surface area contributed by atoms with E-state index >= 15 is 0 Å². The fourth-order valence-electron chi connectivity index (χ4n) is 2.74. The van der Waals surface area contributed by atoms with Crippen LogP contribution in [0.2, 0.25) is 0 Å². The van der Waals surface area contributed by atoms with Crippen LogP contribution in [-0.4, -0.2) is 56.2 Å². The Balaban J connectivity index is 2.01. The van der Waals surface area contributed by atoms with Gasteiger partial charge in [-0.3, -0.25) is 9.59 Å². The normalized spacial score (nSPS) is 15.6. The summed E-state index contributed by atoms with van der Waals surface area (Å²) in [6, 6.07) is 4.57. The minimum absolute atomic E-state index is 0.0631. The second kappa shape index (κ2) is 7.62. The van der Waals surface area contributed by atoms with E-state index in [1.807, 2.05) is 0 Å². The fraction of sp³-hybridized carbons (Fsp3) is 0.500. The van der Waals surface area contributed by atoms with E-state index in [-0.39, 0.29) is 37.5 Å². The van der Waals surface area contributed by atoms with Gasteiger partial charge < -0.3 is 19.7 Å². The summed E-state index contributed by atoms with van der Waals surface area (Å²) in [5.74, 6) is -1.61. The topological polar surface area (TPSA) is 67.9 Å². The highest BCUT2D eigenvalue weighted by atomic mass is 19.4. The number of carbonyl (C=O) groups excluding carboxylic acids is 2. The molecule has 0 aliphatic carbocycles. The van der Waals surface area contributed by atoms with Crippen LogP contribution in [0, 0.1) is 0 Å². The van der Waals surface area contributed by atoms with Crippen LogP contribution in [-0.2, 0) is 4.79 Å². The van der Waals surface area contributed by atoms with Crippen LogP contribution >= 0.6 is 0 Å². The van der Waals surface area contributed by atoms with E-state index in [0.29, 0.717) is 11.5 Å². The Morgan fingerprint density at radius 1 is 1.12 bits per heavy atom. The molecule has 2 rings (SSSR count). The number of methoxy groups -OCH3 is 2. The highest BCUT2D eigenvalue weighted by molar-refractivity contribution is 5.99. The van der Waals surface area contributed by atoms with Crippen molar-refractivity contribution in [2.75, 3.05) is 27.3 Å². The predicted octanol–water partition coefficient (Wildman–Crippen LogP) is 1.99. The van der Waals surface area contributed by atoms with Gasteiger partial charge in [0.05, 0.1) is 14.2 Å². The van der Waals surface area contributed by atoms with Crippen molar-refractivity contribution < 1.29 is 32.2 Å². The summed E-state index contributed by atoms with van der Waals surface area (Å²) in [5, 5.41) is 2.76. The van der Waals surface area contributed by atoms with Gasteiger partial charge in [-0.1, -0.05) is 6.07 Å². The first-order valence-electron chi connectivity index (χ1n) is 7.66. The maximum Gasteiger partial charge on any atom is 0.471 e. The standard InChI is InChI=1S/C16H19F3N2O4/c1-24-11-4-3-5-12(25-2)13(11)14(22)20-10-6-8-21(9-7-10)15(23)16(17,18)19/h3-5,10H,6-9H2,1-2H3,(H,20,22). The number of nitrogens with one attached hydrogen (secondary N) is 1. The molecule has 1 aliphatic rings. The number of hydrogen-bond donors (Lipinski definition) is 1. The second-order valence-corrected chi connectivity index (χ2v) is 5.58. The molecule has 9 heteroatoms. The molecule has 1 N–H and O–H groups in total. The lowest BCUT2D eigenvalue weighted by atomic mass is 10.0. The summed E-state index contributed by atoms with van der Waals surface area (Å²) in [7, 11) is 2.85. The van der Waals surface area contributed by atoms with Crippen LogP contribution in [0.1, 0.15) is 23.2 Å². The molecule has 25 heavy (non-hydrogen) atoms. The van der Waals surface area contributed by atoms with Gasteiger partial charge in [0.25, 0.3) is 5.91 Å². The van der Waals surface area contributed by atoms with Gasteiger partial charge in [-0.2, -0.15) is 13.2 Å². The highest BCUT2D eigenvalue weighted by Crippen LogP contribution is 2.28. The SMILES string of the molecule is COc1cccc(OC)c1C(=O)NC1CCN(C(=O)C(F)(F)F)CC1. The van der Waals surface area contributed by atoms with Crippen LogP contribution < -0.4 is 14.8 Å². The minimum Gasteiger partial charge on any atom is -0.496 e. The molecule has 0 aromatic heterocycles. The van der Waals surface area contributed by atoms with E-state index < -0.39 is 18.0 Å². The molecule has 0 spiro atoms. The number of piperidine rings is 1. The molecule has 0 radical (unpaired) electrons. The summed E-state index contributed by atoms with van der Waals surface area (Å²) in [5.41, 5.74) is 0.223. The van der Waals surface area contributed by atoms with Crippen molar-refractivity contribution in [3.05, 3.63) is 23.8 Å². The second-order valence-electron chi connectivity index (χ2n) is 5.58. The van der Waals surface area contributed by atoms with Crippen LogP contribution in [0.25, 0.3) is 0 Å². The molecule has 1 aliphatic heterocycles. The Kier molecular flexibility index (Phi) is 5.76. The third-order valence-corrected chi connectivity index (χ3v) is 4.01. The zero-order valence-electron chi connectivity index (χ0n) is 13.9. The molecule has 0 saturated carbocycles. The molecule has 0 atom stereocenters. The van der Waals surface area contributed by atoms with E-state index in [0.717, 1.165) is 4.90 Å². The number of hydrogen-bond acceptors (Lipinski definition) is 4. The van der Waals surface area contributed by atoms with Crippen molar-refractivity contribution >= 4 is 11.8 Å². The molecule has 0 bridgehead atoms. The van der Waals surface area contributed by atoms with Gasteiger partial charge in [0.2, 0.25) is 0 Å². The number of benzene rings is 1. The van der Waals surface area contributed by atoms with E-state index in [1.54, 1.807) is 18.2 Å². The molecular weight excluding hydrogens is 341 g/mol. The summed E-state index contributed by atoms with van der Waals surface area (Å²) in [6.07, 6.45) is -4.39. The number of nitrogens with zero attached hydrogens (tertiary/aromatic N) is 1. The van der Waals surface area contributed by atoms with Crippen molar-refractivity contribution in [2.45, 2.75) is 25.1 Å². The number of carbonyl (C=O) groups is 2. The predicted molar refractivity (Wildman–Crippen MR) is 82.7 cm³/mol. The molecule has 6 nitrogen and oxygen atoms in total. The third kappa shape index (κ3) is 4.34. The number of alkyl halides is 3. The van der Waals surface area contributed by atoms with Crippen molar-refractivity contribution in [3.63, 3.8) is 0 Å². The van der Waals surface area contributed by atoms with E-state index in [9.17, 15) is 22.8 Å². The van der Waals surface area contributed by atoms with Crippen LogP contribution in [0.4, 0.5) is 13.2 Å². The Morgan fingerprint density at radius 2 is 1.64 bits per heavy atom. The van der Waals surface area contributed by atoms with Crippen LogP contribution in [0.15, 0.2) is 18.2 Å². The van der Waals surface area contributed by atoms with Gasteiger partial charge >= 0.3 is 12.1 Å². The number of ether oxygens (including phenoxy) is 2. The Bertz CT molecular complexity index is 619. The zero-order valence-corrected chi connectivity index (χ0v) is 13.9. The lowest BCUT2D eigenvalue weighted by molar-refractivity contribution is -0.186. The Morgan fingerprint density at radius 3 is 2.08 bits per heavy atom. The van der Waals surface area contributed by atoms with E-state index in [1.165, 1.54) is 14.2 Å². The largest absolute Gasteiger partial charge is 0.496 e. The number of amides is 2. The first-order valence-corrected chi connectivity index (χ1v) is 7.66. The summed E-state index contributed by atoms with van der Waals surface area (Å²) >= 11 is 0. The quantitative estimate of drug-likeness (QED) is 0.892.